The Hall–Kier alpha value is -1.95. The first-order chi connectivity index (χ1) is 11.8. The highest BCUT2D eigenvalue weighted by atomic mass is 35.5. The molecule has 2 rings (SSSR count). The van der Waals surface area contributed by atoms with E-state index in [1.54, 1.807) is 19.2 Å². The second kappa shape index (κ2) is 8.43. The highest BCUT2D eigenvalue weighted by molar-refractivity contribution is 6.31. The minimum absolute atomic E-state index is 0.168. The highest BCUT2D eigenvalue weighted by Gasteiger charge is 2.26. The molecular formula is C18H26ClN5O. The number of ketones is 1. The molecular weight excluding hydrogens is 338 g/mol. The average Bonchev–Trinajstić information content (AvgIpc) is 2.52. The van der Waals surface area contributed by atoms with Gasteiger partial charge in [-0.15, -0.1) is 0 Å². The molecule has 2 heterocycles. The third kappa shape index (κ3) is 5.53. The number of nitrogens with two attached hydrogens (primary N) is 1. The summed E-state index contributed by atoms with van der Waals surface area (Å²) >= 11 is 6.00. The van der Waals surface area contributed by atoms with Gasteiger partial charge in [0.15, 0.2) is 5.82 Å². The maximum Gasteiger partial charge on any atom is 0.222 e. The Labute approximate surface area is 153 Å². The lowest BCUT2D eigenvalue weighted by Gasteiger charge is -2.32. The molecule has 0 saturated heterocycles. The summed E-state index contributed by atoms with van der Waals surface area (Å²) in [5, 5.41) is 3.98. The Balaban J connectivity index is 2.33. The molecule has 0 fully saturated rings. The number of anilines is 2. The number of nitrogen functional groups attached to an aromatic ring is 1. The zero-order valence-corrected chi connectivity index (χ0v) is 15.9. The summed E-state index contributed by atoms with van der Waals surface area (Å²) in [5.41, 5.74) is 6.81. The number of pyridine rings is 1. The summed E-state index contributed by atoms with van der Waals surface area (Å²) in [6, 6.07) is 1.72. The van der Waals surface area contributed by atoms with Gasteiger partial charge in [-0.1, -0.05) is 37.8 Å². The van der Waals surface area contributed by atoms with E-state index in [-0.39, 0.29) is 17.3 Å². The largest absolute Gasteiger partial charge is 0.368 e. The third-order valence-electron chi connectivity index (χ3n) is 4.30. The Morgan fingerprint density at radius 2 is 2.08 bits per heavy atom. The normalized spacial score (nSPS) is 13.6. The fourth-order valence-corrected chi connectivity index (χ4v) is 3.00. The van der Waals surface area contributed by atoms with Crippen LogP contribution in [-0.4, -0.2) is 26.3 Å². The van der Waals surface area contributed by atoms with E-state index in [0.717, 1.165) is 32.1 Å². The topological polar surface area (TPSA) is 93.8 Å². The van der Waals surface area contributed by atoms with Gasteiger partial charge in [-0.05, 0) is 32.8 Å². The monoisotopic (exact) mass is 363 g/mol. The van der Waals surface area contributed by atoms with E-state index < -0.39 is 0 Å². The van der Waals surface area contributed by atoms with Crippen LogP contribution in [0.1, 0.15) is 59.3 Å². The second-order valence-corrected chi connectivity index (χ2v) is 7.23. The lowest BCUT2D eigenvalue weighted by molar-refractivity contribution is -0.117. The van der Waals surface area contributed by atoms with Crippen LogP contribution in [-0.2, 0) is 4.79 Å². The molecule has 0 bridgehead atoms. The van der Waals surface area contributed by atoms with Crippen molar-refractivity contribution in [2.24, 2.45) is 0 Å². The number of carbonyl (C=O) groups excluding carboxylic acids is 1. The number of aromatic nitrogens is 3. The van der Waals surface area contributed by atoms with Gasteiger partial charge in [-0.25, -0.2) is 9.97 Å². The highest BCUT2D eigenvalue weighted by Crippen LogP contribution is 2.29. The van der Waals surface area contributed by atoms with Crippen LogP contribution in [0, 0.1) is 0 Å². The number of hydrogen-bond acceptors (Lipinski definition) is 6. The second-order valence-electron chi connectivity index (χ2n) is 6.80. The predicted octanol–water partition coefficient (Wildman–Crippen LogP) is 4.38. The molecule has 0 saturated carbocycles. The zero-order valence-electron chi connectivity index (χ0n) is 15.1. The SMILES string of the molecule is CCCCC[C@](C)(CCC(C)=O)Nc1nc(N)nc2cc(Cl)cnc12. The molecule has 25 heavy (non-hydrogen) atoms. The van der Waals surface area contributed by atoms with Gasteiger partial charge in [0.2, 0.25) is 5.95 Å². The van der Waals surface area contributed by atoms with Crippen molar-refractivity contribution >= 4 is 40.2 Å². The molecule has 0 spiro atoms. The number of Topliss-reactive ketones (excluding diaryl/α,β-unsaturated/α-hetero) is 1. The van der Waals surface area contributed by atoms with Crippen molar-refractivity contribution in [1.29, 1.82) is 0 Å². The quantitative estimate of drug-likeness (QED) is 0.642. The van der Waals surface area contributed by atoms with E-state index in [9.17, 15) is 4.79 Å². The Kier molecular flexibility index (Phi) is 6.53. The van der Waals surface area contributed by atoms with E-state index >= 15 is 0 Å². The van der Waals surface area contributed by atoms with Crippen molar-refractivity contribution in [3.63, 3.8) is 0 Å². The molecule has 0 aliphatic heterocycles. The summed E-state index contributed by atoms with van der Waals surface area (Å²) in [7, 11) is 0. The number of halogens is 1. The predicted molar refractivity (Wildman–Crippen MR) is 103 cm³/mol. The molecule has 0 radical (unpaired) electrons. The van der Waals surface area contributed by atoms with Gasteiger partial charge in [0.25, 0.3) is 0 Å². The first-order valence-corrected chi connectivity index (χ1v) is 9.07. The maximum absolute atomic E-state index is 11.5. The molecule has 0 aliphatic carbocycles. The van der Waals surface area contributed by atoms with Gasteiger partial charge >= 0.3 is 0 Å². The van der Waals surface area contributed by atoms with E-state index in [1.807, 2.05) is 0 Å². The molecule has 0 unspecified atom stereocenters. The van der Waals surface area contributed by atoms with Crippen molar-refractivity contribution in [1.82, 2.24) is 15.0 Å². The number of unbranched alkanes of at least 4 members (excludes halogenated alkanes) is 2. The molecule has 2 aromatic rings. The summed E-state index contributed by atoms with van der Waals surface area (Å²) in [6.45, 7) is 5.91. The first-order valence-electron chi connectivity index (χ1n) is 8.69. The molecule has 0 aromatic carbocycles. The van der Waals surface area contributed by atoms with Crippen LogP contribution in [0.4, 0.5) is 11.8 Å². The smallest absolute Gasteiger partial charge is 0.222 e. The zero-order chi connectivity index (χ0) is 18.4. The van der Waals surface area contributed by atoms with Crippen LogP contribution in [0.15, 0.2) is 12.3 Å². The maximum atomic E-state index is 11.5. The number of carbonyl (C=O) groups is 1. The molecule has 6 nitrogen and oxygen atoms in total. The van der Waals surface area contributed by atoms with Crippen LogP contribution < -0.4 is 11.1 Å². The fourth-order valence-electron chi connectivity index (χ4n) is 2.85. The molecule has 2 aromatic heterocycles. The van der Waals surface area contributed by atoms with Crippen molar-refractivity contribution < 1.29 is 4.79 Å². The Morgan fingerprint density at radius 3 is 2.76 bits per heavy atom. The summed E-state index contributed by atoms with van der Waals surface area (Å²) in [5.74, 6) is 0.934. The van der Waals surface area contributed by atoms with Gasteiger partial charge in [0.1, 0.15) is 11.3 Å². The average molecular weight is 364 g/mol. The van der Waals surface area contributed by atoms with Crippen molar-refractivity contribution in [3.8, 4) is 0 Å². The third-order valence-corrected chi connectivity index (χ3v) is 4.51. The van der Waals surface area contributed by atoms with Crippen LogP contribution in [0.5, 0.6) is 0 Å². The molecule has 3 N–H and O–H groups in total. The number of nitrogens with one attached hydrogen (secondary N) is 1. The molecule has 136 valence electrons. The molecule has 0 amide bonds. The van der Waals surface area contributed by atoms with E-state index in [4.69, 9.17) is 17.3 Å². The van der Waals surface area contributed by atoms with Crippen LogP contribution in [0.3, 0.4) is 0 Å². The van der Waals surface area contributed by atoms with Gasteiger partial charge in [0.05, 0.1) is 10.5 Å². The first kappa shape index (κ1) is 19.4. The molecule has 1 atom stereocenters. The summed E-state index contributed by atoms with van der Waals surface area (Å²) in [4.78, 5) is 24.4. The van der Waals surface area contributed by atoms with E-state index in [0.29, 0.717) is 28.3 Å². The van der Waals surface area contributed by atoms with Crippen molar-refractivity contribution in [2.45, 2.75) is 64.8 Å². The van der Waals surface area contributed by atoms with Crippen molar-refractivity contribution in [2.75, 3.05) is 11.1 Å². The lowest BCUT2D eigenvalue weighted by Crippen LogP contribution is -2.36. The lowest BCUT2D eigenvalue weighted by atomic mass is 9.88. The number of fused-ring (bicyclic) bond motifs is 1. The van der Waals surface area contributed by atoms with Gasteiger partial charge in [-0.3, -0.25) is 0 Å². The van der Waals surface area contributed by atoms with Gasteiger partial charge in [0, 0.05) is 18.2 Å². The number of rotatable bonds is 9. The summed E-state index contributed by atoms with van der Waals surface area (Å²) in [6.07, 6.45) is 7.13. The van der Waals surface area contributed by atoms with Gasteiger partial charge < -0.3 is 15.8 Å². The van der Waals surface area contributed by atoms with Crippen LogP contribution >= 0.6 is 11.6 Å². The number of hydrogen-bond donors (Lipinski definition) is 2. The van der Waals surface area contributed by atoms with E-state index in [1.165, 1.54) is 0 Å². The number of nitrogens with zero attached hydrogens (tertiary/aromatic N) is 3. The van der Waals surface area contributed by atoms with Crippen molar-refractivity contribution in [3.05, 3.63) is 17.3 Å². The fraction of sp³-hybridized carbons (Fsp3) is 0.556. The molecule has 7 heteroatoms. The van der Waals surface area contributed by atoms with E-state index in [2.05, 4.69) is 34.1 Å². The van der Waals surface area contributed by atoms with Gasteiger partial charge in [-0.2, -0.15) is 4.98 Å². The van der Waals surface area contributed by atoms with Crippen LogP contribution in [0.25, 0.3) is 11.0 Å². The van der Waals surface area contributed by atoms with Crippen LogP contribution in [0.2, 0.25) is 5.02 Å². The summed E-state index contributed by atoms with van der Waals surface area (Å²) < 4.78 is 0. The Morgan fingerprint density at radius 1 is 1.32 bits per heavy atom. The minimum atomic E-state index is -0.268. The Bertz CT molecular complexity index is 746. The minimum Gasteiger partial charge on any atom is -0.368 e. The molecule has 0 aliphatic rings. The standard InChI is InChI=1S/C18H26ClN5O/c1-4-5-6-8-18(3,9-7-12(2)25)24-16-15-14(22-17(20)23-16)10-13(19)11-21-15/h10-11H,4-9H2,1-3H3,(H3,20,22,23,24)/t18-/m1/s1.